The molecule has 0 atom stereocenters. The van der Waals surface area contributed by atoms with E-state index >= 15 is 0 Å². The Balaban J connectivity index is 1.68. The van der Waals surface area contributed by atoms with Crippen molar-refractivity contribution >= 4 is 51.9 Å². The van der Waals surface area contributed by atoms with Crippen molar-refractivity contribution in [3.05, 3.63) is 56.9 Å². The third kappa shape index (κ3) is 5.44. The first-order valence-corrected chi connectivity index (χ1v) is 10.4. The van der Waals surface area contributed by atoms with Crippen LogP contribution >= 0.6 is 35.6 Å². The van der Waals surface area contributed by atoms with E-state index in [9.17, 15) is 4.79 Å². The first-order valence-electron chi connectivity index (χ1n) is 8.82. The second-order valence-corrected chi connectivity index (χ2v) is 8.48. The summed E-state index contributed by atoms with van der Waals surface area (Å²) in [7, 11) is 1.54. The molecule has 1 amide bonds. The minimum atomic E-state index is -0.223. The molecule has 5 nitrogen and oxygen atoms in total. The fourth-order valence-corrected chi connectivity index (χ4v) is 4.01. The third-order valence-electron chi connectivity index (χ3n) is 4.12. The van der Waals surface area contributed by atoms with Crippen molar-refractivity contribution in [3.8, 4) is 17.2 Å². The number of methoxy groups -OCH3 is 1. The predicted molar refractivity (Wildman–Crippen MR) is 121 cm³/mol. The van der Waals surface area contributed by atoms with E-state index in [-0.39, 0.29) is 5.91 Å². The number of amides is 1. The molecule has 0 radical (unpaired) electrons. The number of hydrogen-bond acceptors (Lipinski definition) is 6. The van der Waals surface area contributed by atoms with Crippen LogP contribution in [-0.2, 0) is 4.79 Å². The molecule has 1 N–H and O–H groups in total. The summed E-state index contributed by atoms with van der Waals surface area (Å²) in [6.07, 6.45) is 1.71. The maximum Gasteiger partial charge on any atom is 0.263 e. The highest BCUT2D eigenvalue weighted by atomic mass is 35.5. The van der Waals surface area contributed by atoms with Gasteiger partial charge in [-0.15, -0.1) is 0 Å². The lowest BCUT2D eigenvalue weighted by molar-refractivity contribution is -0.115. The van der Waals surface area contributed by atoms with Crippen LogP contribution in [0, 0.1) is 13.8 Å². The minimum absolute atomic E-state index is 0.223. The van der Waals surface area contributed by atoms with Crippen LogP contribution in [0.25, 0.3) is 6.08 Å². The molecular formula is C21H20ClNO4S2. The average Bonchev–Trinajstić information content (AvgIpc) is 2.99. The summed E-state index contributed by atoms with van der Waals surface area (Å²) in [4.78, 5) is 12.3. The van der Waals surface area contributed by atoms with Crippen molar-refractivity contribution in [2.75, 3.05) is 20.3 Å². The second-order valence-electron chi connectivity index (χ2n) is 6.35. The van der Waals surface area contributed by atoms with E-state index in [1.165, 1.54) is 18.9 Å². The number of hydrogen-bond donors (Lipinski definition) is 1. The van der Waals surface area contributed by atoms with Gasteiger partial charge in [0.2, 0.25) is 0 Å². The lowest BCUT2D eigenvalue weighted by Crippen LogP contribution is -2.17. The molecule has 152 valence electrons. The Morgan fingerprint density at radius 3 is 2.59 bits per heavy atom. The van der Waals surface area contributed by atoms with Crippen LogP contribution in [0.1, 0.15) is 16.7 Å². The first-order chi connectivity index (χ1) is 13.9. The van der Waals surface area contributed by atoms with Gasteiger partial charge in [-0.2, -0.15) is 0 Å². The number of thiocarbonyl (C=S) groups is 1. The van der Waals surface area contributed by atoms with Crippen molar-refractivity contribution < 1.29 is 19.0 Å². The Labute approximate surface area is 184 Å². The maximum atomic E-state index is 11.8. The predicted octanol–water partition coefficient (Wildman–Crippen LogP) is 4.91. The molecule has 1 aliphatic rings. The molecule has 1 heterocycles. The molecule has 0 aromatic heterocycles. The van der Waals surface area contributed by atoms with Gasteiger partial charge in [-0.05, 0) is 54.8 Å². The van der Waals surface area contributed by atoms with Gasteiger partial charge >= 0.3 is 0 Å². The zero-order valence-corrected chi connectivity index (χ0v) is 18.6. The minimum Gasteiger partial charge on any atom is -0.493 e. The number of thioether (sulfide) groups is 1. The number of halogens is 1. The standard InChI is InChI=1S/C21H20ClNO4S2/c1-12-4-5-13(2)16(8-12)26-6-7-27-19-15(22)9-14(10-17(19)25-3)11-18-20(24)23-21(28)29-18/h4-5,8-11H,6-7H2,1-3H3,(H,23,24,28)/b18-11-. The summed E-state index contributed by atoms with van der Waals surface area (Å²) < 4.78 is 17.5. The van der Waals surface area contributed by atoms with Gasteiger partial charge in [0.15, 0.2) is 11.5 Å². The molecule has 8 heteroatoms. The Morgan fingerprint density at radius 2 is 1.90 bits per heavy atom. The Hall–Kier alpha value is -2.22. The molecule has 1 saturated heterocycles. The molecule has 0 aliphatic carbocycles. The van der Waals surface area contributed by atoms with E-state index < -0.39 is 0 Å². The molecule has 0 saturated carbocycles. The molecule has 2 aromatic rings. The Bertz CT molecular complexity index is 991. The van der Waals surface area contributed by atoms with Gasteiger partial charge in [0, 0.05) is 0 Å². The van der Waals surface area contributed by atoms with Crippen LogP contribution in [0.15, 0.2) is 35.2 Å². The molecule has 0 bridgehead atoms. The van der Waals surface area contributed by atoms with Crippen molar-refractivity contribution in [3.63, 3.8) is 0 Å². The lowest BCUT2D eigenvalue weighted by Gasteiger charge is -2.14. The maximum absolute atomic E-state index is 11.8. The van der Waals surface area contributed by atoms with Gasteiger partial charge in [0.05, 0.1) is 17.0 Å². The van der Waals surface area contributed by atoms with Crippen LogP contribution in [-0.4, -0.2) is 30.6 Å². The van der Waals surface area contributed by atoms with E-state index in [4.69, 9.17) is 38.0 Å². The molecular weight excluding hydrogens is 430 g/mol. The number of rotatable bonds is 7. The van der Waals surface area contributed by atoms with Gasteiger partial charge in [0.1, 0.15) is 23.3 Å². The summed E-state index contributed by atoms with van der Waals surface area (Å²) in [5.41, 5.74) is 2.92. The normalized spacial score (nSPS) is 14.8. The van der Waals surface area contributed by atoms with Crippen molar-refractivity contribution in [2.24, 2.45) is 0 Å². The van der Waals surface area contributed by atoms with Gasteiger partial charge in [-0.1, -0.05) is 47.7 Å². The quantitative estimate of drug-likeness (QED) is 0.368. The van der Waals surface area contributed by atoms with Gasteiger partial charge in [-0.25, -0.2) is 0 Å². The van der Waals surface area contributed by atoms with E-state index in [2.05, 4.69) is 5.32 Å². The Morgan fingerprint density at radius 1 is 1.14 bits per heavy atom. The molecule has 2 aromatic carbocycles. The van der Waals surface area contributed by atoms with Crippen LogP contribution in [0.5, 0.6) is 17.2 Å². The van der Waals surface area contributed by atoms with E-state index in [0.717, 1.165) is 16.9 Å². The fourth-order valence-electron chi connectivity index (χ4n) is 2.69. The highest BCUT2D eigenvalue weighted by molar-refractivity contribution is 8.26. The molecule has 0 spiro atoms. The number of aryl methyl sites for hydroxylation is 2. The number of nitrogens with one attached hydrogen (secondary N) is 1. The van der Waals surface area contributed by atoms with Crippen molar-refractivity contribution in [1.82, 2.24) is 5.32 Å². The molecule has 3 rings (SSSR count). The number of ether oxygens (including phenoxy) is 3. The SMILES string of the molecule is COc1cc(/C=C2\SC(=S)NC2=O)cc(Cl)c1OCCOc1cc(C)ccc1C. The monoisotopic (exact) mass is 449 g/mol. The largest absolute Gasteiger partial charge is 0.493 e. The third-order valence-corrected chi connectivity index (χ3v) is 5.57. The molecule has 1 fully saturated rings. The zero-order valence-electron chi connectivity index (χ0n) is 16.2. The number of benzene rings is 2. The van der Waals surface area contributed by atoms with Gasteiger partial charge in [0.25, 0.3) is 5.91 Å². The highest BCUT2D eigenvalue weighted by Gasteiger charge is 2.22. The Kier molecular flexibility index (Phi) is 7.05. The van der Waals surface area contributed by atoms with E-state index in [1.54, 1.807) is 18.2 Å². The number of carbonyl (C=O) groups excluding carboxylic acids is 1. The fraction of sp³-hybridized carbons (Fsp3) is 0.238. The summed E-state index contributed by atoms with van der Waals surface area (Å²) in [5.74, 6) is 1.51. The summed E-state index contributed by atoms with van der Waals surface area (Å²) in [5, 5.41) is 2.96. The topological polar surface area (TPSA) is 56.8 Å². The summed E-state index contributed by atoms with van der Waals surface area (Å²) in [6, 6.07) is 9.53. The van der Waals surface area contributed by atoms with E-state index in [0.29, 0.717) is 44.5 Å². The van der Waals surface area contributed by atoms with Crippen molar-refractivity contribution in [2.45, 2.75) is 13.8 Å². The molecule has 29 heavy (non-hydrogen) atoms. The average molecular weight is 450 g/mol. The second kappa shape index (κ2) is 9.52. The van der Waals surface area contributed by atoms with Gasteiger partial charge in [-0.3, -0.25) is 4.79 Å². The van der Waals surface area contributed by atoms with Gasteiger partial charge < -0.3 is 19.5 Å². The summed E-state index contributed by atoms with van der Waals surface area (Å²) in [6.45, 7) is 4.68. The van der Waals surface area contributed by atoms with Crippen LogP contribution in [0.2, 0.25) is 5.02 Å². The van der Waals surface area contributed by atoms with Crippen molar-refractivity contribution in [1.29, 1.82) is 0 Å². The summed E-state index contributed by atoms with van der Waals surface area (Å²) >= 11 is 12.6. The lowest BCUT2D eigenvalue weighted by atomic mass is 10.1. The number of carbonyl (C=O) groups is 1. The first kappa shape index (κ1) is 21.5. The van der Waals surface area contributed by atoms with Crippen LogP contribution in [0.3, 0.4) is 0 Å². The molecule has 1 aliphatic heterocycles. The molecule has 0 unspecified atom stereocenters. The smallest absolute Gasteiger partial charge is 0.263 e. The highest BCUT2D eigenvalue weighted by Crippen LogP contribution is 2.38. The van der Waals surface area contributed by atoms with Crippen LogP contribution in [0.4, 0.5) is 0 Å². The van der Waals surface area contributed by atoms with Crippen LogP contribution < -0.4 is 19.5 Å². The van der Waals surface area contributed by atoms with E-state index in [1.807, 2.05) is 32.0 Å². The zero-order chi connectivity index (χ0) is 21.0.